The van der Waals surface area contributed by atoms with E-state index in [9.17, 15) is 5.21 Å². The molecule has 1 aromatic carbocycles. The van der Waals surface area contributed by atoms with Crippen LogP contribution in [-0.4, -0.2) is 21.3 Å². The van der Waals surface area contributed by atoms with Gasteiger partial charge in [0.25, 0.3) is 0 Å². The zero-order valence-electron chi connectivity index (χ0n) is 10.4. The number of nitrogens with zero attached hydrogens (tertiary/aromatic N) is 2. The Morgan fingerprint density at radius 2 is 2.26 bits per heavy atom. The first-order valence-electron chi connectivity index (χ1n) is 6.04. The maximum atomic E-state index is 12.4. The van der Waals surface area contributed by atoms with Crippen molar-refractivity contribution in [3.63, 3.8) is 0 Å². The molecule has 2 atom stereocenters. The number of aromatic nitrogens is 2. The molecule has 0 spiro atoms. The van der Waals surface area contributed by atoms with Crippen LogP contribution in [0.15, 0.2) is 30.6 Å². The van der Waals surface area contributed by atoms with Crippen molar-refractivity contribution in [3.05, 3.63) is 47.2 Å². The molecule has 0 saturated carbocycles. The molecule has 0 radical (unpaired) electrons. The summed E-state index contributed by atoms with van der Waals surface area (Å²) in [5.74, 6) is 5.38. The van der Waals surface area contributed by atoms with Gasteiger partial charge in [-0.2, -0.15) is 0 Å². The zero-order chi connectivity index (χ0) is 13.4. The maximum Gasteiger partial charge on any atom is 0.156 e. The molecule has 2 N–H and O–H groups in total. The second-order valence-electron chi connectivity index (χ2n) is 4.41. The fraction of sp³-hybridized carbons (Fsp3) is 0.214. The highest BCUT2D eigenvalue weighted by atomic mass is 16.5. The molecule has 0 amide bonds. The van der Waals surface area contributed by atoms with E-state index in [1.54, 1.807) is 6.33 Å². The van der Waals surface area contributed by atoms with Gasteiger partial charge in [-0.3, -0.25) is 4.57 Å². The standard InChI is InChI=1S/C14H13N3O2/c1-10-14-11(5-4-8-18)15-9-16(14)12-6-2-3-7-13(12)17(10)19/h2-3,6-7,9-10,17-18H,8H2,1H3. The number of benzene rings is 1. The van der Waals surface area contributed by atoms with Crippen LogP contribution >= 0.6 is 0 Å². The molecule has 1 aliphatic heterocycles. The Labute approximate surface area is 110 Å². The van der Waals surface area contributed by atoms with Gasteiger partial charge >= 0.3 is 0 Å². The predicted molar refractivity (Wildman–Crippen MR) is 69.9 cm³/mol. The molecule has 5 nitrogen and oxygen atoms in total. The van der Waals surface area contributed by atoms with Crippen molar-refractivity contribution in [2.75, 3.05) is 6.61 Å². The summed E-state index contributed by atoms with van der Waals surface area (Å²) < 4.78 is 1.91. The lowest BCUT2D eigenvalue weighted by molar-refractivity contribution is -0.813. The average Bonchev–Trinajstić information content (AvgIpc) is 2.86. The third-order valence-corrected chi connectivity index (χ3v) is 3.32. The van der Waals surface area contributed by atoms with Gasteiger partial charge in [0.1, 0.15) is 36.1 Å². The number of fused-ring (bicyclic) bond motifs is 3. The van der Waals surface area contributed by atoms with E-state index in [4.69, 9.17) is 5.11 Å². The molecule has 2 unspecified atom stereocenters. The SMILES string of the molecule is CC1c2c(C#CCO)ncn2-c2ccccc2[NH+]1[O-]. The van der Waals surface area contributed by atoms with E-state index in [0.717, 1.165) is 11.4 Å². The number of hydrogen-bond acceptors (Lipinski definition) is 3. The van der Waals surface area contributed by atoms with Crippen LogP contribution in [0.25, 0.3) is 5.69 Å². The van der Waals surface area contributed by atoms with Gasteiger partial charge < -0.3 is 15.4 Å². The highest BCUT2D eigenvalue weighted by Gasteiger charge is 2.30. The lowest BCUT2D eigenvalue weighted by Gasteiger charge is -2.34. The van der Waals surface area contributed by atoms with Crippen molar-refractivity contribution in [1.82, 2.24) is 9.55 Å². The summed E-state index contributed by atoms with van der Waals surface area (Å²) in [5, 5.41) is 21.2. The van der Waals surface area contributed by atoms with Crippen LogP contribution in [0.2, 0.25) is 0 Å². The molecule has 0 saturated heterocycles. The number of aliphatic hydroxyl groups excluding tert-OH is 1. The number of hydrogen-bond donors (Lipinski definition) is 2. The van der Waals surface area contributed by atoms with Crippen molar-refractivity contribution >= 4 is 5.69 Å². The molecule has 0 bridgehead atoms. The number of quaternary nitrogens is 1. The molecular formula is C14H13N3O2. The van der Waals surface area contributed by atoms with Crippen LogP contribution in [0.3, 0.4) is 0 Å². The van der Waals surface area contributed by atoms with Gasteiger partial charge in [-0.05, 0) is 18.9 Å². The van der Waals surface area contributed by atoms with Gasteiger partial charge in [0.15, 0.2) is 5.69 Å². The summed E-state index contributed by atoms with van der Waals surface area (Å²) >= 11 is 0. The van der Waals surface area contributed by atoms with Gasteiger partial charge in [0, 0.05) is 6.07 Å². The quantitative estimate of drug-likeness (QED) is 0.526. The average molecular weight is 255 g/mol. The van der Waals surface area contributed by atoms with E-state index in [1.807, 2.05) is 35.8 Å². The fourth-order valence-electron chi connectivity index (χ4n) is 2.43. The Balaban J connectivity index is 2.23. The first-order valence-corrected chi connectivity index (χ1v) is 6.04. The topological polar surface area (TPSA) is 65.5 Å². The van der Waals surface area contributed by atoms with Crippen molar-refractivity contribution in [1.29, 1.82) is 0 Å². The normalized spacial score (nSPS) is 20.2. The van der Waals surface area contributed by atoms with Gasteiger partial charge in [0.05, 0.1) is 0 Å². The molecule has 2 heterocycles. The van der Waals surface area contributed by atoms with E-state index in [2.05, 4.69) is 16.8 Å². The van der Waals surface area contributed by atoms with Crippen molar-refractivity contribution in [2.24, 2.45) is 0 Å². The lowest BCUT2D eigenvalue weighted by Crippen LogP contribution is -3.03. The van der Waals surface area contributed by atoms with Gasteiger partial charge in [-0.25, -0.2) is 4.98 Å². The number of nitrogens with one attached hydrogen (secondary N) is 1. The van der Waals surface area contributed by atoms with E-state index >= 15 is 0 Å². The summed E-state index contributed by atoms with van der Waals surface area (Å²) in [5.41, 5.74) is 2.90. The Hall–Kier alpha value is -2.13. The van der Waals surface area contributed by atoms with E-state index < -0.39 is 0 Å². The number of rotatable bonds is 0. The van der Waals surface area contributed by atoms with Crippen LogP contribution in [0, 0.1) is 17.0 Å². The molecule has 2 aromatic rings. The molecule has 19 heavy (non-hydrogen) atoms. The molecule has 3 rings (SSSR count). The maximum absolute atomic E-state index is 12.4. The molecule has 0 fully saturated rings. The summed E-state index contributed by atoms with van der Waals surface area (Å²) in [4.78, 5) is 4.25. The highest BCUT2D eigenvalue weighted by molar-refractivity contribution is 5.56. The van der Waals surface area contributed by atoms with Crippen molar-refractivity contribution in [2.45, 2.75) is 13.0 Å². The summed E-state index contributed by atoms with van der Waals surface area (Å²) in [7, 11) is 0. The smallest absolute Gasteiger partial charge is 0.156 e. The van der Waals surface area contributed by atoms with Crippen LogP contribution in [0.4, 0.5) is 5.69 Å². The monoisotopic (exact) mass is 255 g/mol. The lowest BCUT2D eigenvalue weighted by atomic mass is 10.1. The molecule has 5 heteroatoms. The van der Waals surface area contributed by atoms with Crippen molar-refractivity contribution in [3.8, 4) is 17.5 Å². The summed E-state index contributed by atoms with van der Waals surface area (Å²) in [6.45, 7) is 1.64. The minimum Gasteiger partial charge on any atom is -0.628 e. The Kier molecular flexibility index (Phi) is 2.84. The number of imidazole rings is 1. The minimum atomic E-state index is -0.277. The van der Waals surface area contributed by atoms with Gasteiger partial charge in [-0.15, -0.1) is 0 Å². The molecule has 96 valence electrons. The Morgan fingerprint density at radius 1 is 1.47 bits per heavy atom. The van der Waals surface area contributed by atoms with Crippen LogP contribution in [-0.2, 0) is 0 Å². The number of para-hydroxylation sites is 2. The second kappa shape index (κ2) is 4.52. The summed E-state index contributed by atoms with van der Waals surface area (Å²) in [6.07, 6.45) is 1.68. The van der Waals surface area contributed by atoms with E-state index in [0.29, 0.717) is 11.4 Å². The van der Waals surface area contributed by atoms with Crippen LogP contribution in [0.1, 0.15) is 24.4 Å². The number of aliphatic hydroxyl groups is 1. The minimum absolute atomic E-state index is 0.0793. The van der Waals surface area contributed by atoms with Crippen molar-refractivity contribution < 1.29 is 10.2 Å². The van der Waals surface area contributed by atoms with E-state index in [1.165, 1.54) is 0 Å². The second-order valence-corrected chi connectivity index (χ2v) is 4.41. The fourth-order valence-corrected chi connectivity index (χ4v) is 2.43. The van der Waals surface area contributed by atoms with Crippen LogP contribution in [0.5, 0.6) is 0 Å². The van der Waals surface area contributed by atoms with Crippen LogP contribution < -0.4 is 5.06 Å². The third-order valence-electron chi connectivity index (χ3n) is 3.32. The Morgan fingerprint density at radius 3 is 3.05 bits per heavy atom. The molecule has 0 aliphatic carbocycles. The highest BCUT2D eigenvalue weighted by Crippen LogP contribution is 2.28. The first-order chi connectivity index (χ1) is 9.24. The molecular weight excluding hydrogens is 242 g/mol. The zero-order valence-corrected chi connectivity index (χ0v) is 10.4. The van der Waals surface area contributed by atoms with Gasteiger partial charge in [0.2, 0.25) is 0 Å². The summed E-state index contributed by atoms with van der Waals surface area (Å²) in [6, 6.07) is 7.20. The Bertz CT molecular complexity index is 681. The first kappa shape index (κ1) is 11.9. The largest absolute Gasteiger partial charge is 0.628 e. The third kappa shape index (κ3) is 1.74. The molecule has 1 aliphatic rings. The predicted octanol–water partition coefficient (Wildman–Crippen LogP) is 0.305. The number of hydroxylamine groups is 1. The van der Waals surface area contributed by atoms with E-state index in [-0.39, 0.29) is 17.7 Å². The molecule has 1 aromatic heterocycles. The van der Waals surface area contributed by atoms with Gasteiger partial charge in [-0.1, -0.05) is 18.1 Å².